The van der Waals surface area contributed by atoms with Crippen molar-refractivity contribution in [3.63, 3.8) is 0 Å². The molecule has 2 amide bonds. The van der Waals surface area contributed by atoms with E-state index in [2.05, 4.69) is 21.2 Å². The summed E-state index contributed by atoms with van der Waals surface area (Å²) in [5, 5.41) is 2.95. The predicted molar refractivity (Wildman–Crippen MR) is 114 cm³/mol. The lowest BCUT2D eigenvalue weighted by atomic mass is 9.96. The maximum atomic E-state index is 12.5. The van der Waals surface area contributed by atoms with Crippen molar-refractivity contribution in [1.82, 2.24) is 10.2 Å². The van der Waals surface area contributed by atoms with Gasteiger partial charge in [-0.3, -0.25) is 4.79 Å². The average Bonchev–Trinajstić information content (AvgIpc) is 3.14. The Bertz CT molecular complexity index is 846. The Morgan fingerprint density at radius 2 is 1.79 bits per heavy atom. The summed E-state index contributed by atoms with van der Waals surface area (Å²) in [6, 6.07) is 11.7. The molecule has 29 heavy (non-hydrogen) atoms. The first kappa shape index (κ1) is 21.4. The fraction of sp³-hybridized carbons (Fsp3) is 0.455. The standard InChI is InChI=1S/C22H27BrN2O4/c1-22(2,3)29-21(27)25-12-10-16(11-13-25)20(26)24-14-18-8-9-19(28-18)15-4-6-17(23)7-5-15/h4-9,16H,10-14H2,1-3H3,(H,24,26). The number of carbonyl (C=O) groups is 2. The number of ether oxygens (including phenoxy) is 1. The summed E-state index contributed by atoms with van der Waals surface area (Å²) in [4.78, 5) is 26.3. The third kappa shape index (κ3) is 6.10. The summed E-state index contributed by atoms with van der Waals surface area (Å²) < 4.78 is 12.2. The number of rotatable bonds is 4. The van der Waals surface area contributed by atoms with Gasteiger partial charge < -0.3 is 19.4 Å². The summed E-state index contributed by atoms with van der Waals surface area (Å²) >= 11 is 3.42. The molecular weight excluding hydrogens is 436 g/mol. The van der Waals surface area contributed by atoms with Crippen molar-refractivity contribution in [2.75, 3.05) is 13.1 Å². The molecule has 1 aliphatic heterocycles. The SMILES string of the molecule is CC(C)(C)OC(=O)N1CCC(C(=O)NCc2ccc(-c3ccc(Br)cc3)o2)CC1. The zero-order valence-corrected chi connectivity index (χ0v) is 18.6. The van der Waals surface area contributed by atoms with Crippen LogP contribution in [-0.2, 0) is 16.1 Å². The van der Waals surface area contributed by atoms with E-state index in [0.29, 0.717) is 38.2 Å². The minimum Gasteiger partial charge on any atom is -0.459 e. The van der Waals surface area contributed by atoms with Gasteiger partial charge in [0.15, 0.2) is 0 Å². The van der Waals surface area contributed by atoms with Crippen LogP contribution in [0.2, 0.25) is 0 Å². The molecule has 7 heteroatoms. The highest BCUT2D eigenvalue weighted by Gasteiger charge is 2.29. The van der Waals surface area contributed by atoms with E-state index in [1.54, 1.807) is 4.90 Å². The smallest absolute Gasteiger partial charge is 0.410 e. The molecule has 2 heterocycles. The third-order valence-electron chi connectivity index (χ3n) is 4.74. The first-order valence-corrected chi connectivity index (χ1v) is 10.6. The number of benzene rings is 1. The summed E-state index contributed by atoms with van der Waals surface area (Å²) in [7, 11) is 0. The third-order valence-corrected chi connectivity index (χ3v) is 5.27. The lowest BCUT2D eigenvalue weighted by Gasteiger charge is -2.32. The minimum atomic E-state index is -0.510. The second kappa shape index (κ2) is 9.03. The van der Waals surface area contributed by atoms with Crippen LogP contribution in [0.25, 0.3) is 11.3 Å². The Balaban J connectivity index is 1.46. The van der Waals surface area contributed by atoms with Gasteiger partial charge in [-0.2, -0.15) is 0 Å². The van der Waals surface area contributed by atoms with Crippen molar-refractivity contribution in [2.24, 2.45) is 5.92 Å². The number of halogens is 1. The fourth-order valence-corrected chi connectivity index (χ4v) is 3.48. The Labute approximate surface area is 179 Å². The molecule has 0 spiro atoms. The van der Waals surface area contributed by atoms with Crippen molar-refractivity contribution in [3.05, 3.63) is 46.6 Å². The van der Waals surface area contributed by atoms with Crippen LogP contribution >= 0.6 is 15.9 Å². The lowest BCUT2D eigenvalue weighted by molar-refractivity contribution is -0.126. The van der Waals surface area contributed by atoms with Crippen LogP contribution < -0.4 is 5.32 Å². The van der Waals surface area contributed by atoms with Crippen LogP contribution in [0.4, 0.5) is 4.79 Å². The molecule has 1 fully saturated rings. The quantitative estimate of drug-likeness (QED) is 0.695. The molecule has 2 aromatic rings. The number of hydrogen-bond donors (Lipinski definition) is 1. The van der Waals surface area contributed by atoms with E-state index in [1.165, 1.54) is 0 Å². The molecule has 1 N–H and O–H groups in total. The van der Waals surface area contributed by atoms with Crippen LogP contribution in [0.5, 0.6) is 0 Å². The van der Waals surface area contributed by atoms with Crippen LogP contribution in [0, 0.1) is 5.92 Å². The largest absolute Gasteiger partial charge is 0.459 e. The monoisotopic (exact) mass is 462 g/mol. The van der Waals surface area contributed by atoms with Crippen LogP contribution in [0.3, 0.4) is 0 Å². The predicted octanol–water partition coefficient (Wildman–Crippen LogP) is 4.97. The summed E-state index contributed by atoms with van der Waals surface area (Å²) in [5.74, 6) is 1.37. The molecule has 1 saturated heterocycles. The van der Waals surface area contributed by atoms with E-state index in [9.17, 15) is 9.59 Å². The van der Waals surface area contributed by atoms with Crippen molar-refractivity contribution < 1.29 is 18.7 Å². The Morgan fingerprint density at radius 3 is 2.41 bits per heavy atom. The number of amides is 2. The van der Waals surface area contributed by atoms with Gasteiger partial charge in [-0.25, -0.2) is 4.79 Å². The van der Waals surface area contributed by atoms with E-state index in [0.717, 1.165) is 15.8 Å². The van der Waals surface area contributed by atoms with Gasteiger partial charge in [-0.15, -0.1) is 0 Å². The number of carbonyl (C=O) groups excluding carboxylic acids is 2. The molecular formula is C22H27BrN2O4. The highest BCUT2D eigenvalue weighted by Crippen LogP contribution is 2.24. The fourth-order valence-electron chi connectivity index (χ4n) is 3.21. The Hall–Kier alpha value is -2.28. The van der Waals surface area contributed by atoms with Gasteiger partial charge >= 0.3 is 6.09 Å². The van der Waals surface area contributed by atoms with E-state index >= 15 is 0 Å². The maximum Gasteiger partial charge on any atom is 0.410 e. The highest BCUT2D eigenvalue weighted by atomic mass is 79.9. The van der Waals surface area contributed by atoms with E-state index in [4.69, 9.17) is 9.15 Å². The van der Waals surface area contributed by atoms with Crippen LogP contribution in [0.15, 0.2) is 45.3 Å². The number of nitrogens with zero attached hydrogens (tertiary/aromatic N) is 1. The van der Waals surface area contributed by atoms with E-state index in [1.807, 2.05) is 57.2 Å². The molecule has 3 rings (SSSR count). The molecule has 0 bridgehead atoms. The van der Waals surface area contributed by atoms with Gasteiger partial charge in [0.2, 0.25) is 5.91 Å². The van der Waals surface area contributed by atoms with E-state index < -0.39 is 5.60 Å². The minimum absolute atomic E-state index is 0.00423. The maximum absolute atomic E-state index is 12.5. The van der Waals surface area contributed by atoms with Crippen molar-refractivity contribution >= 4 is 27.9 Å². The number of hydrogen-bond acceptors (Lipinski definition) is 4. The van der Waals surface area contributed by atoms with Gasteiger partial charge in [-0.05, 0) is 57.9 Å². The summed E-state index contributed by atoms with van der Waals surface area (Å²) in [6.45, 7) is 6.95. The van der Waals surface area contributed by atoms with Gasteiger partial charge in [0.05, 0.1) is 6.54 Å². The molecule has 0 unspecified atom stereocenters. The molecule has 0 saturated carbocycles. The zero-order valence-electron chi connectivity index (χ0n) is 17.0. The topological polar surface area (TPSA) is 71.8 Å². The average molecular weight is 463 g/mol. The molecule has 0 aliphatic carbocycles. The van der Waals surface area contributed by atoms with Crippen molar-refractivity contribution in [3.8, 4) is 11.3 Å². The van der Waals surface area contributed by atoms with Crippen molar-refractivity contribution in [2.45, 2.75) is 45.8 Å². The Morgan fingerprint density at radius 1 is 1.14 bits per heavy atom. The van der Waals surface area contributed by atoms with Gasteiger partial charge in [-0.1, -0.05) is 28.1 Å². The molecule has 0 atom stereocenters. The number of furan rings is 1. The van der Waals surface area contributed by atoms with Gasteiger partial charge in [0, 0.05) is 29.0 Å². The van der Waals surface area contributed by atoms with Crippen LogP contribution in [-0.4, -0.2) is 35.6 Å². The molecule has 1 aromatic heterocycles. The van der Waals surface area contributed by atoms with Crippen LogP contribution in [0.1, 0.15) is 39.4 Å². The second-order valence-electron chi connectivity index (χ2n) is 8.23. The van der Waals surface area contributed by atoms with Crippen molar-refractivity contribution in [1.29, 1.82) is 0 Å². The first-order valence-electron chi connectivity index (χ1n) is 9.81. The summed E-state index contributed by atoms with van der Waals surface area (Å²) in [5.41, 5.74) is 0.476. The number of nitrogens with one attached hydrogen (secondary N) is 1. The molecule has 1 aliphatic rings. The highest BCUT2D eigenvalue weighted by molar-refractivity contribution is 9.10. The van der Waals surface area contributed by atoms with Gasteiger partial charge in [0.25, 0.3) is 0 Å². The second-order valence-corrected chi connectivity index (χ2v) is 9.15. The molecule has 156 valence electrons. The zero-order chi connectivity index (χ0) is 21.0. The lowest BCUT2D eigenvalue weighted by Crippen LogP contribution is -2.44. The Kier molecular flexibility index (Phi) is 6.67. The molecule has 1 aromatic carbocycles. The normalized spacial score (nSPS) is 15.2. The summed E-state index contributed by atoms with van der Waals surface area (Å²) in [6.07, 6.45) is 0.952. The first-order chi connectivity index (χ1) is 13.7. The molecule has 6 nitrogen and oxygen atoms in total. The number of piperidine rings is 1. The number of likely N-dealkylation sites (tertiary alicyclic amines) is 1. The van der Waals surface area contributed by atoms with E-state index in [-0.39, 0.29) is 17.9 Å². The van der Waals surface area contributed by atoms with Gasteiger partial charge in [0.1, 0.15) is 17.1 Å². The molecule has 0 radical (unpaired) electrons.